The second-order valence-corrected chi connectivity index (χ2v) is 9.17. The van der Waals surface area contributed by atoms with Gasteiger partial charge in [0.25, 0.3) is 11.5 Å². The predicted octanol–water partition coefficient (Wildman–Crippen LogP) is 3.99. The van der Waals surface area contributed by atoms with E-state index < -0.39 is 11.5 Å². The Labute approximate surface area is 182 Å². The van der Waals surface area contributed by atoms with Gasteiger partial charge in [0.05, 0.1) is 5.39 Å². The van der Waals surface area contributed by atoms with Crippen molar-refractivity contribution in [1.29, 1.82) is 0 Å². The first kappa shape index (κ1) is 23.7. The quantitative estimate of drug-likeness (QED) is 0.664. The van der Waals surface area contributed by atoms with Crippen molar-refractivity contribution in [2.24, 2.45) is 0 Å². The van der Waals surface area contributed by atoms with Crippen LogP contribution in [0.1, 0.15) is 66.4 Å². The van der Waals surface area contributed by atoms with E-state index >= 15 is 0 Å². The molecule has 1 saturated heterocycles. The van der Waals surface area contributed by atoms with E-state index in [2.05, 4.69) is 10.2 Å². The van der Waals surface area contributed by atoms with Gasteiger partial charge in [0.15, 0.2) is 0 Å². The first-order valence-corrected chi connectivity index (χ1v) is 11.0. The maximum atomic E-state index is 13.0. The molecule has 2 aromatic heterocycles. The number of nitrogens with one attached hydrogen (secondary N) is 1. The van der Waals surface area contributed by atoms with E-state index in [4.69, 9.17) is 0 Å². The van der Waals surface area contributed by atoms with E-state index in [9.17, 15) is 14.7 Å². The molecule has 0 aromatic carbocycles. The molecule has 1 aliphatic rings. The number of hydrogen-bond acceptors (Lipinski definition) is 5. The summed E-state index contributed by atoms with van der Waals surface area (Å²) in [4.78, 5) is 30.0. The Kier molecular flexibility index (Phi) is 8.14. The first-order valence-electron chi connectivity index (χ1n) is 10.2. The molecule has 2 aromatic rings. The molecule has 1 amide bonds. The highest BCUT2D eigenvalue weighted by Gasteiger charge is 2.26. The van der Waals surface area contributed by atoms with Crippen LogP contribution in [0.25, 0.3) is 10.2 Å². The van der Waals surface area contributed by atoms with Gasteiger partial charge in [-0.3, -0.25) is 14.2 Å². The Morgan fingerprint density at radius 2 is 1.86 bits per heavy atom. The topological polar surface area (TPSA) is 74.6 Å². The van der Waals surface area contributed by atoms with Gasteiger partial charge in [-0.25, -0.2) is 0 Å². The largest absolute Gasteiger partial charge is 0.506 e. The number of hydrogen-bond donors (Lipinski definition) is 2. The minimum Gasteiger partial charge on any atom is -0.506 e. The van der Waals surface area contributed by atoms with E-state index in [0.29, 0.717) is 11.9 Å². The summed E-state index contributed by atoms with van der Waals surface area (Å²) in [7, 11) is 0. The number of nitrogens with zero attached hydrogens (tertiary/aromatic N) is 2. The number of aromatic nitrogens is 1. The lowest BCUT2D eigenvalue weighted by atomic mass is 10.1. The fourth-order valence-electron chi connectivity index (χ4n) is 3.95. The van der Waals surface area contributed by atoms with E-state index in [1.165, 1.54) is 30.6 Å². The second kappa shape index (κ2) is 9.96. The number of carbonyl (C=O) groups excluding carboxylic acids is 1. The molecule has 0 radical (unpaired) electrons. The van der Waals surface area contributed by atoms with Gasteiger partial charge in [0.1, 0.15) is 16.1 Å². The lowest BCUT2D eigenvalue weighted by Crippen LogP contribution is -2.36. The van der Waals surface area contributed by atoms with Gasteiger partial charge in [-0.1, -0.05) is 6.42 Å². The highest BCUT2D eigenvalue weighted by Crippen LogP contribution is 2.37. The predicted molar refractivity (Wildman–Crippen MR) is 122 cm³/mol. The monoisotopic (exact) mass is 441 g/mol. The van der Waals surface area contributed by atoms with E-state index in [-0.39, 0.29) is 29.8 Å². The fraction of sp³-hybridized carbons (Fsp3) is 0.619. The van der Waals surface area contributed by atoms with Gasteiger partial charge in [0, 0.05) is 17.5 Å². The zero-order valence-electron chi connectivity index (χ0n) is 17.7. The summed E-state index contributed by atoms with van der Waals surface area (Å²) in [5.74, 6) is -0.673. The standard InChI is InChI=1S/C21H31N3O3S.ClH/c1-13(2)24-20(27)17(18(25)16-14(3)15(4)28-21(16)24)19(26)22-9-8-12-23-10-6-5-7-11-23;/h13,25H,5-12H2,1-4H3,(H,22,26);1H. The smallest absolute Gasteiger partial charge is 0.268 e. The van der Waals surface area contributed by atoms with Crippen LogP contribution in [0.2, 0.25) is 0 Å². The molecule has 0 saturated carbocycles. The number of halogens is 1. The molecule has 2 N–H and O–H groups in total. The van der Waals surface area contributed by atoms with Gasteiger partial charge in [0.2, 0.25) is 0 Å². The molecule has 3 rings (SSSR count). The van der Waals surface area contributed by atoms with Gasteiger partial charge >= 0.3 is 0 Å². The Balaban J connectivity index is 0.00000300. The highest BCUT2D eigenvalue weighted by atomic mass is 35.5. The Hall–Kier alpha value is -1.57. The summed E-state index contributed by atoms with van der Waals surface area (Å²) in [6.45, 7) is 11.4. The summed E-state index contributed by atoms with van der Waals surface area (Å²) in [5.41, 5.74) is 0.362. The number of carbonyl (C=O) groups is 1. The van der Waals surface area contributed by atoms with Crippen molar-refractivity contribution in [2.75, 3.05) is 26.2 Å². The SMILES string of the molecule is Cc1sc2c(c1C)c(O)c(C(=O)NCCCN1CCCCC1)c(=O)n2C(C)C.Cl. The molecule has 0 unspecified atom stereocenters. The summed E-state index contributed by atoms with van der Waals surface area (Å²) in [5, 5.41) is 14.2. The van der Waals surface area contributed by atoms with Crippen molar-refractivity contribution >= 4 is 39.9 Å². The molecule has 0 aliphatic carbocycles. The third-order valence-corrected chi connectivity index (χ3v) is 6.83. The number of pyridine rings is 1. The molecule has 0 atom stereocenters. The van der Waals surface area contributed by atoms with E-state index in [1.807, 2.05) is 27.7 Å². The Morgan fingerprint density at radius 1 is 1.21 bits per heavy atom. The van der Waals surface area contributed by atoms with Crippen LogP contribution in [0.4, 0.5) is 0 Å². The number of aromatic hydroxyl groups is 1. The minimum atomic E-state index is -0.485. The summed E-state index contributed by atoms with van der Waals surface area (Å²) < 4.78 is 1.63. The van der Waals surface area contributed by atoms with Gasteiger partial charge in [-0.05, 0) is 72.2 Å². The van der Waals surface area contributed by atoms with Crippen molar-refractivity contribution in [2.45, 2.75) is 59.4 Å². The number of rotatable bonds is 6. The molecule has 1 aliphatic heterocycles. The minimum absolute atomic E-state index is 0. The molecular weight excluding hydrogens is 410 g/mol. The lowest BCUT2D eigenvalue weighted by molar-refractivity contribution is 0.0946. The van der Waals surface area contributed by atoms with Gasteiger partial charge < -0.3 is 15.3 Å². The van der Waals surface area contributed by atoms with E-state index in [0.717, 1.165) is 41.3 Å². The summed E-state index contributed by atoms with van der Waals surface area (Å²) in [6.07, 6.45) is 4.63. The Bertz CT molecular complexity index is 930. The average molecular weight is 442 g/mol. The number of fused-ring (bicyclic) bond motifs is 1. The summed E-state index contributed by atoms with van der Waals surface area (Å²) >= 11 is 1.49. The maximum Gasteiger partial charge on any atom is 0.268 e. The first-order chi connectivity index (χ1) is 13.3. The van der Waals surface area contributed by atoms with Gasteiger partial charge in [-0.2, -0.15) is 0 Å². The van der Waals surface area contributed by atoms with Crippen LogP contribution in [-0.4, -0.2) is 46.7 Å². The second-order valence-electron chi connectivity index (χ2n) is 7.97. The molecular formula is C21H32ClN3O3S. The normalized spacial score (nSPS) is 14.9. The zero-order chi connectivity index (χ0) is 20.4. The maximum absolute atomic E-state index is 13.0. The van der Waals surface area contributed by atoms with E-state index in [1.54, 1.807) is 4.57 Å². The molecule has 0 bridgehead atoms. The van der Waals surface area contributed by atoms with Gasteiger partial charge in [-0.15, -0.1) is 23.7 Å². The van der Waals surface area contributed by atoms with Crippen LogP contribution >= 0.6 is 23.7 Å². The average Bonchev–Trinajstić information content (AvgIpc) is 2.94. The zero-order valence-corrected chi connectivity index (χ0v) is 19.3. The van der Waals surface area contributed by atoms with Crippen molar-refractivity contribution in [3.05, 3.63) is 26.4 Å². The number of aryl methyl sites for hydroxylation is 2. The van der Waals surface area contributed by atoms with Crippen LogP contribution in [0.3, 0.4) is 0 Å². The van der Waals surface area contributed by atoms with Crippen molar-refractivity contribution < 1.29 is 9.90 Å². The van der Waals surface area contributed by atoms with Crippen LogP contribution in [0.15, 0.2) is 4.79 Å². The number of thiophene rings is 1. The number of piperidine rings is 1. The van der Waals surface area contributed by atoms with Crippen LogP contribution in [-0.2, 0) is 0 Å². The molecule has 0 spiro atoms. The third-order valence-electron chi connectivity index (χ3n) is 5.62. The number of likely N-dealkylation sites (tertiary alicyclic amines) is 1. The summed E-state index contributed by atoms with van der Waals surface area (Å²) in [6, 6.07) is -0.0984. The molecule has 1 fully saturated rings. The van der Waals surface area contributed by atoms with Crippen molar-refractivity contribution in [3.8, 4) is 5.75 Å². The van der Waals surface area contributed by atoms with Crippen molar-refractivity contribution in [3.63, 3.8) is 0 Å². The lowest BCUT2D eigenvalue weighted by Gasteiger charge is -2.26. The highest BCUT2D eigenvalue weighted by molar-refractivity contribution is 7.18. The van der Waals surface area contributed by atoms with Crippen LogP contribution in [0.5, 0.6) is 5.75 Å². The van der Waals surface area contributed by atoms with Crippen LogP contribution < -0.4 is 10.9 Å². The fourth-order valence-corrected chi connectivity index (χ4v) is 5.24. The molecule has 162 valence electrons. The van der Waals surface area contributed by atoms with Crippen molar-refractivity contribution in [1.82, 2.24) is 14.8 Å². The Morgan fingerprint density at radius 3 is 2.48 bits per heavy atom. The molecule has 6 nitrogen and oxygen atoms in total. The molecule has 8 heteroatoms. The molecule has 3 heterocycles. The molecule has 29 heavy (non-hydrogen) atoms. The van der Waals surface area contributed by atoms with Crippen LogP contribution in [0, 0.1) is 13.8 Å². The number of amides is 1. The third kappa shape index (κ3) is 4.78.